The van der Waals surface area contributed by atoms with Crippen molar-refractivity contribution in [3.63, 3.8) is 0 Å². The molecule has 2 amide bonds. The Bertz CT molecular complexity index is 1970. The van der Waals surface area contributed by atoms with Gasteiger partial charge in [-0.05, 0) is 59.7 Å². The van der Waals surface area contributed by atoms with E-state index in [0.29, 0.717) is 71.2 Å². The van der Waals surface area contributed by atoms with Gasteiger partial charge in [0.15, 0.2) is 5.78 Å². The number of aromatic nitrogens is 6. The predicted octanol–water partition coefficient (Wildman–Crippen LogP) is 3.18. The zero-order valence-corrected chi connectivity index (χ0v) is 28.9. The zero-order chi connectivity index (χ0) is 33.9. The molecule has 1 N–H and O–H groups in total. The number of carbonyl (C=O) groups excluding carboxylic acids is 3. The highest BCUT2D eigenvalue weighted by molar-refractivity contribution is 9.10. The van der Waals surface area contributed by atoms with E-state index in [0.717, 1.165) is 31.5 Å². The van der Waals surface area contributed by atoms with Gasteiger partial charge in [-0.3, -0.25) is 28.9 Å². The van der Waals surface area contributed by atoms with E-state index in [1.165, 1.54) is 11.6 Å². The minimum absolute atomic E-state index is 0.0400. The van der Waals surface area contributed by atoms with Gasteiger partial charge in [0.2, 0.25) is 11.8 Å². The molecule has 4 aromatic heterocycles. The van der Waals surface area contributed by atoms with Crippen LogP contribution in [0.1, 0.15) is 48.1 Å². The fourth-order valence-corrected chi connectivity index (χ4v) is 7.89. The molecule has 4 bridgehead atoms. The number of Topliss-reactive ketones (excluding diaryl/α,β-unsaturated/α-hetero) is 1. The summed E-state index contributed by atoms with van der Waals surface area (Å²) in [4.78, 5) is 62.9. The van der Waals surface area contributed by atoms with E-state index >= 15 is 0 Å². The van der Waals surface area contributed by atoms with E-state index < -0.39 is 6.04 Å². The maximum Gasteiger partial charge on any atom is 0.248 e. The Morgan fingerprint density at radius 2 is 1.96 bits per heavy atom. The van der Waals surface area contributed by atoms with Gasteiger partial charge in [-0.15, -0.1) is 0 Å². The summed E-state index contributed by atoms with van der Waals surface area (Å²) in [7, 11) is 0. The summed E-state index contributed by atoms with van der Waals surface area (Å²) in [5.74, 6) is 0.353. The minimum Gasteiger partial charge on any atom is -0.379 e. The van der Waals surface area contributed by atoms with Gasteiger partial charge in [0.1, 0.15) is 34.5 Å². The monoisotopic (exact) mass is 729 g/mol. The fraction of sp³-hybridized carbons (Fsp3) is 0.471. The lowest BCUT2D eigenvalue weighted by atomic mass is 9.95. The number of halogens is 1. The molecule has 1 spiro atoms. The molecule has 0 radical (unpaired) electrons. The van der Waals surface area contributed by atoms with Gasteiger partial charge in [-0.1, -0.05) is 6.07 Å². The number of hydrogen-bond acceptors (Lipinski definition) is 11. The van der Waals surface area contributed by atoms with Gasteiger partial charge < -0.3 is 19.7 Å². The van der Waals surface area contributed by atoms with Crippen molar-refractivity contribution >= 4 is 50.2 Å². The van der Waals surface area contributed by atoms with Crippen LogP contribution in [0.5, 0.6) is 0 Å². The molecule has 49 heavy (non-hydrogen) atoms. The molecule has 5 atom stereocenters. The van der Waals surface area contributed by atoms with Crippen molar-refractivity contribution in [1.29, 1.82) is 0 Å². The number of pyridine rings is 2. The Kier molecular flexibility index (Phi) is 8.25. The smallest absolute Gasteiger partial charge is 0.248 e. The lowest BCUT2D eigenvalue weighted by Crippen LogP contribution is -2.47. The van der Waals surface area contributed by atoms with E-state index in [4.69, 9.17) is 9.47 Å². The van der Waals surface area contributed by atoms with E-state index in [9.17, 15) is 14.4 Å². The molecule has 4 aliphatic rings. The maximum absolute atomic E-state index is 14.3. The molecule has 254 valence electrons. The molecule has 15 heteroatoms. The van der Waals surface area contributed by atoms with Gasteiger partial charge >= 0.3 is 0 Å². The van der Waals surface area contributed by atoms with Crippen molar-refractivity contribution in [3.05, 3.63) is 58.5 Å². The molecule has 1 aliphatic carbocycles. The van der Waals surface area contributed by atoms with Crippen molar-refractivity contribution in [3.8, 4) is 11.3 Å². The highest BCUT2D eigenvalue weighted by atomic mass is 79.9. The number of fused-ring (bicyclic) bond motifs is 5. The van der Waals surface area contributed by atoms with Crippen LogP contribution >= 0.6 is 15.9 Å². The summed E-state index contributed by atoms with van der Waals surface area (Å²) >= 11 is 3.46. The highest BCUT2D eigenvalue weighted by Crippen LogP contribution is 2.62. The first-order valence-electron chi connectivity index (χ1n) is 16.5. The second-order valence-electron chi connectivity index (χ2n) is 13.5. The lowest BCUT2D eigenvalue weighted by Gasteiger charge is -2.33. The number of anilines is 1. The summed E-state index contributed by atoms with van der Waals surface area (Å²) in [6.07, 6.45) is 6.98. The number of ether oxygens (including phenoxy) is 2. The first kappa shape index (κ1) is 32.0. The van der Waals surface area contributed by atoms with E-state index in [2.05, 4.69) is 51.2 Å². The van der Waals surface area contributed by atoms with Gasteiger partial charge in [-0.25, -0.2) is 15.0 Å². The Labute approximate surface area is 290 Å². The number of hydrogen-bond donors (Lipinski definition) is 1. The molecular weight excluding hydrogens is 694 g/mol. The molecule has 3 fully saturated rings. The third-order valence-electron chi connectivity index (χ3n) is 10.2. The van der Waals surface area contributed by atoms with Crippen molar-refractivity contribution in [2.75, 3.05) is 38.2 Å². The molecule has 8 rings (SSSR count). The third-order valence-corrected chi connectivity index (χ3v) is 10.6. The van der Waals surface area contributed by atoms with Crippen LogP contribution in [0, 0.1) is 12.3 Å². The molecule has 2 saturated heterocycles. The van der Waals surface area contributed by atoms with Crippen LogP contribution in [0.3, 0.4) is 0 Å². The number of likely N-dealkylation sites (tertiary alicyclic amines) is 1. The van der Waals surface area contributed by atoms with Crippen molar-refractivity contribution in [1.82, 2.24) is 39.5 Å². The van der Waals surface area contributed by atoms with Crippen molar-refractivity contribution in [2.24, 2.45) is 5.41 Å². The van der Waals surface area contributed by atoms with Crippen molar-refractivity contribution < 1.29 is 23.9 Å². The number of nitrogens with one attached hydrogen (secondary N) is 1. The number of carbonyl (C=O) groups is 3. The van der Waals surface area contributed by atoms with Gasteiger partial charge in [0.25, 0.3) is 0 Å². The predicted molar refractivity (Wildman–Crippen MR) is 180 cm³/mol. The Morgan fingerprint density at radius 3 is 2.78 bits per heavy atom. The Morgan fingerprint density at radius 1 is 1.12 bits per heavy atom. The van der Waals surface area contributed by atoms with Gasteiger partial charge in [-0.2, -0.15) is 5.10 Å². The second-order valence-corrected chi connectivity index (χ2v) is 14.3. The molecule has 0 aromatic carbocycles. The van der Waals surface area contributed by atoms with Crippen LogP contribution in [0.2, 0.25) is 0 Å². The summed E-state index contributed by atoms with van der Waals surface area (Å²) in [6.45, 7) is 6.81. The van der Waals surface area contributed by atoms with E-state index in [1.807, 2.05) is 12.1 Å². The number of ketones is 1. The van der Waals surface area contributed by atoms with Crippen LogP contribution in [-0.4, -0.2) is 108 Å². The topological polar surface area (TPSA) is 158 Å². The standard InChI is InChI=1S/C34H36BrN9O5/c1-19(45)31-24-9-25(22-12-36-20(2)37-13-22)38-14-27(24)43(41-31)17-30(46)44-26-10-34(11-28(34)44)5-7-48-18-23-16-42(6-8-49-23)15-21-3-4-29(35)39-32(21)40-33(26)47/h3-4,9,12-14,23,26,28H,5-8,10-11,15-18H2,1-2H3,(H,39,40,47)/t23?,26-,28?,34-/m0/s1. The molecule has 7 heterocycles. The largest absolute Gasteiger partial charge is 0.379 e. The summed E-state index contributed by atoms with van der Waals surface area (Å²) < 4.78 is 14.2. The van der Waals surface area contributed by atoms with Crippen LogP contribution in [0.4, 0.5) is 5.82 Å². The average Bonchev–Trinajstić information content (AvgIpc) is 3.50. The molecule has 1 saturated carbocycles. The first-order chi connectivity index (χ1) is 23.7. The van der Waals surface area contributed by atoms with Crippen molar-refractivity contribution in [2.45, 2.75) is 64.4 Å². The number of piperidine rings is 1. The number of nitrogens with zero attached hydrogens (tertiary/aromatic N) is 8. The lowest BCUT2D eigenvalue weighted by molar-refractivity contribution is -0.138. The molecular formula is C34H36BrN9O5. The maximum atomic E-state index is 14.3. The first-order valence-corrected chi connectivity index (χ1v) is 17.3. The molecule has 3 aliphatic heterocycles. The number of morpholine rings is 1. The van der Waals surface area contributed by atoms with Crippen LogP contribution in [0.25, 0.3) is 22.2 Å². The van der Waals surface area contributed by atoms with Gasteiger partial charge in [0, 0.05) is 68.1 Å². The van der Waals surface area contributed by atoms with Gasteiger partial charge in [0.05, 0.1) is 36.7 Å². The van der Waals surface area contributed by atoms with Crippen LogP contribution in [-0.2, 0) is 32.2 Å². The quantitative estimate of drug-likeness (QED) is 0.243. The number of rotatable bonds is 4. The average molecular weight is 731 g/mol. The summed E-state index contributed by atoms with van der Waals surface area (Å²) in [5, 5.41) is 8.24. The Hall–Kier alpha value is -4.18. The second kappa shape index (κ2) is 12.6. The number of aryl methyl sites for hydroxylation is 1. The summed E-state index contributed by atoms with van der Waals surface area (Å²) in [5.41, 5.74) is 2.75. The normalized spacial score (nSPS) is 26.7. The Balaban J connectivity index is 1.10. The molecule has 3 unspecified atom stereocenters. The molecule has 14 nitrogen and oxygen atoms in total. The SMILES string of the molecule is CC(=O)c1nn(CC(=O)N2C3C[C@@]34CCOCC3CN(CCO3)Cc3ccc(Br)nc3NC(=O)[C@@H]2C4)c2cnc(-c3cnc(C)nc3)cc12. The number of amides is 2. The third kappa shape index (κ3) is 6.13. The van der Waals surface area contributed by atoms with Crippen LogP contribution in [0.15, 0.2) is 41.4 Å². The molecule has 4 aromatic rings. The summed E-state index contributed by atoms with van der Waals surface area (Å²) in [6, 6.07) is 4.80. The zero-order valence-electron chi connectivity index (χ0n) is 27.3. The minimum atomic E-state index is -0.701. The van der Waals surface area contributed by atoms with Crippen LogP contribution < -0.4 is 5.32 Å². The fourth-order valence-electron chi connectivity index (χ4n) is 7.58. The van der Waals surface area contributed by atoms with E-state index in [1.54, 1.807) is 36.5 Å². The van der Waals surface area contributed by atoms with E-state index in [-0.39, 0.29) is 47.4 Å². The highest BCUT2D eigenvalue weighted by Gasteiger charge is 2.66.